The standard InChI is InChI=1S/C37H40F3N5O6/c1-22-33(19-29(46)16-25-21-44(12-15-48-2)51-35(25)23-4-9-31(39)32(40)18-23)45(28-7-5-26(38)6-8-28)43-34(22)24-17-30(37(49-3)41-20-24)36(47)42-27-10-13-50-14-11-27/h4-9,17-18,20,25,27,35H,10-16,19,21H2,1-3H3,(H,42,47)/t25-,35+/m1/s1. The van der Waals surface area contributed by atoms with E-state index in [0.29, 0.717) is 79.5 Å². The molecule has 0 unspecified atom stereocenters. The maximum atomic E-state index is 14.2. The van der Waals surface area contributed by atoms with Crippen molar-refractivity contribution in [1.82, 2.24) is 25.1 Å². The number of carbonyl (C=O) groups excluding carboxylic acids is 2. The van der Waals surface area contributed by atoms with Crippen molar-refractivity contribution in [2.24, 2.45) is 5.92 Å². The number of rotatable bonds is 13. The first kappa shape index (κ1) is 36.2. The Balaban J connectivity index is 1.30. The number of benzene rings is 2. The lowest BCUT2D eigenvalue weighted by Crippen LogP contribution is -2.39. The molecule has 2 aromatic carbocycles. The number of hydrogen-bond donors (Lipinski definition) is 1. The van der Waals surface area contributed by atoms with Gasteiger partial charge in [-0.2, -0.15) is 10.2 Å². The summed E-state index contributed by atoms with van der Waals surface area (Å²) in [7, 11) is 3.00. The molecule has 6 rings (SSSR count). The van der Waals surface area contributed by atoms with Gasteiger partial charge in [0.05, 0.1) is 30.8 Å². The van der Waals surface area contributed by atoms with E-state index in [1.807, 2.05) is 6.92 Å². The highest BCUT2D eigenvalue weighted by atomic mass is 19.2. The molecule has 2 aliphatic heterocycles. The first-order valence-corrected chi connectivity index (χ1v) is 16.8. The third-order valence-corrected chi connectivity index (χ3v) is 9.23. The largest absolute Gasteiger partial charge is 0.480 e. The Hall–Kier alpha value is -4.63. The zero-order chi connectivity index (χ0) is 36.1. The van der Waals surface area contributed by atoms with Crippen LogP contribution in [0.3, 0.4) is 0 Å². The Morgan fingerprint density at radius 3 is 2.49 bits per heavy atom. The number of pyridine rings is 1. The predicted molar refractivity (Wildman–Crippen MR) is 180 cm³/mol. The number of hydrogen-bond acceptors (Lipinski definition) is 9. The summed E-state index contributed by atoms with van der Waals surface area (Å²) in [6.45, 7) is 4.12. The highest BCUT2D eigenvalue weighted by Crippen LogP contribution is 2.38. The van der Waals surface area contributed by atoms with E-state index in [0.717, 1.165) is 12.1 Å². The topological polar surface area (TPSA) is 117 Å². The number of carbonyl (C=O) groups is 2. The highest BCUT2D eigenvalue weighted by molar-refractivity contribution is 5.97. The Morgan fingerprint density at radius 1 is 1.02 bits per heavy atom. The van der Waals surface area contributed by atoms with Crippen LogP contribution in [0.25, 0.3) is 16.9 Å². The molecule has 2 fully saturated rings. The lowest BCUT2D eigenvalue weighted by atomic mass is 9.90. The zero-order valence-electron chi connectivity index (χ0n) is 28.7. The molecule has 4 aromatic rings. The summed E-state index contributed by atoms with van der Waals surface area (Å²) in [6, 6.07) is 11.0. The molecule has 4 heterocycles. The minimum atomic E-state index is -1.000. The number of aromatic nitrogens is 3. The molecule has 14 heteroatoms. The molecule has 270 valence electrons. The van der Waals surface area contributed by atoms with Crippen molar-refractivity contribution >= 4 is 11.7 Å². The van der Waals surface area contributed by atoms with Crippen LogP contribution in [0, 0.1) is 30.3 Å². The normalized spacial score (nSPS) is 18.2. The number of halogens is 3. The van der Waals surface area contributed by atoms with Crippen molar-refractivity contribution in [2.75, 3.05) is 47.1 Å². The van der Waals surface area contributed by atoms with Gasteiger partial charge in [-0.1, -0.05) is 6.07 Å². The van der Waals surface area contributed by atoms with Gasteiger partial charge in [0.15, 0.2) is 11.6 Å². The van der Waals surface area contributed by atoms with Crippen molar-refractivity contribution in [3.63, 3.8) is 0 Å². The molecule has 1 N–H and O–H groups in total. The molecular formula is C37H40F3N5O6. The summed E-state index contributed by atoms with van der Waals surface area (Å²) in [4.78, 5) is 37.8. The molecule has 0 radical (unpaired) electrons. The molecule has 51 heavy (non-hydrogen) atoms. The SMILES string of the molecule is COCCN1C[C@@H](CC(=O)Cc2c(C)c(-c3cnc(OC)c(C(=O)NC4CCOCC4)c3)nn2-c2ccc(F)cc2)[C@H](c2ccc(F)c(F)c2)O1. The summed E-state index contributed by atoms with van der Waals surface area (Å²) >= 11 is 0. The molecular weight excluding hydrogens is 667 g/mol. The molecule has 0 spiro atoms. The van der Waals surface area contributed by atoms with Crippen LogP contribution in [-0.2, 0) is 25.5 Å². The second kappa shape index (κ2) is 16.1. The number of nitrogens with zero attached hydrogens (tertiary/aromatic N) is 4. The summed E-state index contributed by atoms with van der Waals surface area (Å²) in [5.74, 6) is -3.10. The van der Waals surface area contributed by atoms with Gasteiger partial charge in [0.1, 0.15) is 23.3 Å². The highest BCUT2D eigenvalue weighted by Gasteiger charge is 2.37. The Labute approximate surface area is 293 Å². The molecule has 0 bridgehead atoms. The average molecular weight is 708 g/mol. The Morgan fingerprint density at radius 2 is 1.78 bits per heavy atom. The van der Waals surface area contributed by atoms with Gasteiger partial charge in [-0.15, -0.1) is 0 Å². The fourth-order valence-corrected chi connectivity index (χ4v) is 6.55. The third kappa shape index (κ3) is 8.30. The van der Waals surface area contributed by atoms with Gasteiger partial charge in [-0.25, -0.2) is 22.8 Å². The summed E-state index contributed by atoms with van der Waals surface area (Å²) in [6.07, 6.45) is 2.28. The minimum Gasteiger partial charge on any atom is -0.480 e. The smallest absolute Gasteiger partial charge is 0.257 e. The van der Waals surface area contributed by atoms with E-state index in [9.17, 15) is 22.8 Å². The van der Waals surface area contributed by atoms with Crippen molar-refractivity contribution in [1.29, 1.82) is 0 Å². The number of ether oxygens (including phenoxy) is 3. The minimum absolute atomic E-state index is 0.0457. The molecule has 11 nitrogen and oxygen atoms in total. The maximum absolute atomic E-state index is 14.2. The first-order chi connectivity index (χ1) is 24.6. The van der Waals surface area contributed by atoms with Crippen molar-refractivity contribution in [2.45, 2.75) is 44.8 Å². The number of ketones is 1. The second-order valence-electron chi connectivity index (χ2n) is 12.7. The maximum Gasteiger partial charge on any atom is 0.257 e. The third-order valence-electron chi connectivity index (χ3n) is 9.23. The van der Waals surface area contributed by atoms with E-state index >= 15 is 0 Å². The second-order valence-corrected chi connectivity index (χ2v) is 12.7. The molecule has 0 saturated carbocycles. The summed E-state index contributed by atoms with van der Waals surface area (Å²) in [5, 5.41) is 9.57. The number of amides is 1. The van der Waals surface area contributed by atoms with Crippen LogP contribution < -0.4 is 10.1 Å². The predicted octanol–water partition coefficient (Wildman–Crippen LogP) is 5.33. The van der Waals surface area contributed by atoms with Crippen LogP contribution in [-0.4, -0.2) is 84.7 Å². The van der Waals surface area contributed by atoms with E-state index in [4.69, 9.17) is 24.1 Å². The van der Waals surface area contributed by atoms with Crippen molar-refractivity contribution in [3.8, 4) is 22.8 Å². The molecule has 2 aromatic heterocycles. The van der Waals surface area contributed by atoms with E-state index in [-0.39, 0.29) is 47.9 Å². The van der Waals surface area contributed by atoms with Crippen molar-refractivity contribution < 1.29 is 41.8 Å². The summed E-state index contributed by atoms with van der Waals surface area (Å²) in [5.41, 5.74) is 3.41. The quantitative estimate of drug-likeness (QED) is 0.197. The van der Waals surface area contributed by atoms with Gasteiger partial charge in [0, 0.05) is 70.0 Å². The van der Waals surface area contributed by atoms with Crippen LogP contribution in [0.4, 0.5) is 13.2 Å². The Bertz CT molecular complexity index is 1860. The van der Waals surface area contributed by atoms with Crippen LogP contribution in [0.15, 0.2) is 54.7 Å². The van der Waals surface area contributed by atoms with Gasteiger partial charge in [-0.3, -0.25) is 14.4 Å². The number of methoxy groups -OCH3 is 2. The van der Waals surface area contributed by atoms with Crippen molar-refractivity contribution in [3.05, 3.63) is 94.6 Å². The number of nitrogens with one attached hydrogen (secondary N) is 1. The monoisotopic (exact) mass is 707 g/mol. The van der Waals surface area contributed by atoms with Gasteiger partial charge in [-0.05, 0) is 73.4 Å². The van der Waals surface area contributed by atoms with Gasteiger partial charge in [0.2, 0.25) is 5.88 Å². The van der Waals surface area contributed by atoms with E-state index < -0.39 is 23.6 Å². The molecule has 1 amide bonds. The molecule has 2 aliphatic rings. The first-order valence-electron chi connectivity index (χ1n) is 16.8. The van der Waals surface area contributed by atoms with Gasteiger partial charge >= 0.3 is 0 Å². The zero-order valence-corrected chi connectivity index (χ0v) is 28.7. The average Bonchev–Trinajstić information content (AvgIpc) is 3.68. The van der Waals surface area contributed by atoms with Crippen LogP contribution in [0.1, 0.15) is 52.5 Å². The summed E-state index contributed by atoms with van der Waals surface area (Å²) < 4.78 is 59.6. The molecule has 2 saturated heterocycles. The van der Waals surface area contributed by atoms with E-state index in [1.165, 1.54) is 25.3 Å². The molecule has 0 aliphatic carbocycles. The van der Waals surface area contributed by atoms with E-state index in [2.05, 4.69) is 10.3 Å². The van der Waals surface area contributed by atoms with Crippen LogP contribution >= 0.6 is 0 Å². The number of Topliss-reactive ketones (excluding diaryl/α,β-unsaturated/α-hetero) is 1. The van der Waals surface area contributed by atoms with Crippen LogP contribution in [0.2, 0.25) is 0 Å². The van der Waals surface area contributed by atoms with Gasteiger partial charge in [0.25, 0.3) is 5.91 Å². The molecule has 2 atom stereocenters. The Kier molecular flexibility index (Phi) is 11.5. The number of hydroxylamine groups is 2. The van der Waals surface area contributed by atoms with Crippen LogP contribution in [0.5, 0.6) is 5.88 Å². The lowest BCUT2D eigenvalue weighted by molar-refractivity contribution is -0.155. The fraction of sp³-hybridized carbons (Fsp3) is 0.405. The fourth-order valence-electron chi connectivity index (χ4n) is 6.55. The van der Waals surface area contributed by atoms with Gasteiger partial charge < -0.3 is 19.5 Å². The lowest BCUT2D eigenvalue weighted by Gasteiger charge is -2.23. The van der Waals surface area contributed by atoms with E-state index in [1.54, 1.807) is 41.3 Å².